The number of para-hydroxylation sites is 1. The van der Waals surface area contributed by atoms with E-state index >= 15 is 0 Å². The van der Waals surface area contributed by atoms with Crippen LogP contribution in [0.25, 0.3) is 10.9 Å². The molecule has 100 valence electrons. The summed E-state index contributed by atoms with van der Waals surface area (Å²) in [4.78, 5) is 25.7. The summed E-state index contributed by atoms with van der Waals surface area (Å²) in [5.41, 5.74) is 1.27. The highest BCUT2D eigenvalue weighted by Gasteiger charge is 2.23. The van der Waals surface area contributed by atoms with Gasteiger partial charge in [-0.25, -0.2) is 0 Å². The lowest BCUT2D eigenvalue weighted by molar-refractivity contribution is -0.136. The Morgan fingerprint density at radius 1 is 1.37 bits per heavy atom. The predicted molar refractivity (Wildman–Crippen MR) is 72.7 cm³/mol. The number of carbonyl (C=O) groups is 2. The molecule has 0 spiro atoms. The molecule has 19 heavy (non-hydrogen) atoms. The average molecular weight is 279 g/mol. The van der Waals surface area contributed by atoms with E-state index in [-0.39, 0.29) is 11.5 Å². The van der Waals surface area contributed by atoms with Gasteiger partial charge in [0.1, 0.15) is 5.25 Å². The smallest absolute Gasteiger partial charge is 0.318 e. The van der Waals surface area contributed by atoms with Gasteiger partial charge in [-0.2, -0.15) is 0 Å². The number of benzene rings is 1. The first kappa shape index (κ1) is 13.5. The molecule has 2 rings (SSSR count). The number of fused-ring (bicyclic) bond motifs is 1. The first-order valence-electron chi connectivity index (χ1n) is 5.70. The highest BCUT2D eigenvalue weighted by Crippen LogP contribution is 2.18. The van der Waals surface area contributed by atoms with Gasteiger partial charge in [-0.15, -0.1) is 0 Å². The molecular formula is C13H13NO4S. The third-order valence-electron chi connectivity index (χ3n) is 2.91. The molecule has 0 fully saturated rings. The normalized spacial score (nSPS) is 14.2. The van der Waals surface area contributed by atoms with Crippen molar-refractivity contribution in [3.63, 3.8) is 0 Å². The van der Waals surface area contributed by atoms with E-state index in [2.05, 4.69) is 4.98 Å². The number of nitrogens with one attached hydrogen (secondary N) is 1. The van der Waals surface area contributed by atoms with Crippen molar-refractivity contribution in [3.05, 3.63) is 36.0 Å². The maximum Gasteiger partial charge on any atom is 0.318 e. The summed E-state index contributed by atoms with van der Waals surface area (Å²) in [7, 11) is -1.72. The number of H-pyrrole nitrogens is 1. The molecule has 1 aromatic carbocycles. The van der Waals surface area contributed by atoms with Crippen molar-refractivity contribution in [3.8, 4) is 0 Å². The van der Waals surface area contributed by atoms with Crippen LogP contribution in [0.5, 0.6) is 0 Å². The minimum Gasteiger partial charge on any atom is -0.480 e. The van der Waals surface area contributed by atoms with Crippen molar-refractivity contribution in [2.24, 2.45) is 0 Å². The number of aromatic amines is 1. The number of rotatable bonds is 5. The molecule has 1 heterocycles. The summed E-state index contributed by atoms with van der Waals surface area (Å²) >= 11 is 0. The van der Waals surface area contributed by atoms with Gasteiger partial charge < -0.3 is 10.1 Å². The van der Waals surface area contributed by atoms with Gasteiger partial charge in [-0.05, 0) is 13.0 Å². The number of carbonyl (C=O) groups excluding carboxylic acids is 1. The number of hydrogen-bond acceptors (Lipinski definition) is 3. The summed E-state index contributed by atoms with van der Waals surface area (Å²) < 4.78 is 11.7. The Bertz CT molecular complexity index is 661. The van der Waals surface area contributed by atoms with Gasteiger partial charge >= 0.3 is 5.97 Å². The molecule has 6 heteroatoms. The third-order valence-corrected chi connectivity index (χ3v) is 4.44. The number of hydrogen-bond donors (Lipinski definition) is 2. The largest absolute Gasteiger partial charge is 0.480 e. The van der Waals surface area contributed by atoms with Crippen molar-refractivity contribution in [2.45, 2.75) is 12.2 Å². The van der Waals surface area contributed by atoms with Crippen molar-refractivity contribution < 1.29 is 18.9 Å². The van der Waals surface area contributed by atoms with E-state index in [0.717, 1.165) is 10.9 Å². The van der Waals surface area contributed by atoms with Gasteiger partial charge in [0.2, 0.25) is 0 Å². The lowest BCUT2D eigenvalue weighted by Crippen LogP contribution is -2.26. The maximum absolute atomic E-state index is 12.1. The van der Waals surface area contributed by atoms with Crippen LogP contribution in [0, 0.1) is 0 Å². The summed E-state index contributed by atoms with van der Waals surface area (Å²) in [6.07, 6.45) is 1.57. The van der Waals surface area contributed by atoms with E-state index in [1.165, 1.54) is 6.92 Å². The van der Waals surface area contributed by atoms with Crippen LogP contribution in [0.3, 0.4) is 0 Å². The van der Waals surface area contributed by atoms with Crippen LogP contribution >= 0.6 is 0 Å². The molecule has 0 aliphatic heterocycles. The Morgan fingerprint density at radius 2 is 2.05 bits per heavy atom. The zero-order valence-corrected chi connectivity index (χ0v) is 11.1. The summed E-state index contributed by atoms with van der Waals surface area (Å²) in [6, 6.07) is 7.28. The van der Waals surface area contributed by atoms with Gasteiger partial charge in [-0.1, -0.05) is 18.2 Å². The zero-order valence-electron chi connectivity index (χ0n) is 10.3. The van der Waals surface area contributed by atoms with Crippen LogP contribution in [0.15, 0.2) is 30.5 Å². The molecule has 0 radical (unpaired) electrons. The predicted octanol–water partition coefficient (Wildman–Crippen LogP) is 1.57. The fraction of sp³-hybridized carbons (Fsp3) is 0.231. The standard InChI is InChI=1S/C13H13NO4S/c1-8(13(16)17)19(18)7-12(15)10-6-14-11-5-3-2-4-9(10)11/h2-6,8,14H,7H2,1H3,(H,16,17). The number of aromatic nitrogens is 1. The monoisotopic (exact) mass is 279 g/mol. The fourth-order valence-corrected chi connectivity index (χ4v) is 2.64. The molecule has 0 amide bonds. The van der Waals surface area contributed by atoms with Crippen molar-refractivity contribution in [1.82, 2.24) is 4.98 Å². The van der Waals surface area contributed by atoms with Crippen LogP contribution in [-0.4, -0.2) is 37.1 Å². The highest BCUT2D eigenvalue weighted by atomic mass is 32.2. The average Bonchev–Trinajstić information content (AvgIpc) is 2.81. The van der Waals surface area contributed by atoms with Crippen molar-refractivity contribution in [2.75, 3.05) is 5.75 Å². The van der Waals surface area contributed by atoms with Gasteiger partial charge in [-0.3, -0.25) is 13.8 Å². The number of aliphatic carboxylic acids is 1. The Morgan fingerprint density at radius 3 is 2.74 bits per heavy atom. The molecule has 2 unspecified atom stereocenters. The first-order chi connectivity index (χ1) is 9.00. The topological polar surface area (TPSA) is 87.2 Å². The van der Waals surface area contributed by atoms with Gasteiger partial charge in [0, 0.05) is 33.5 Å². The van der Waals surface area contributed by atoms with Gasteiger partial charge in [0.25, 0.3) is 0 Å². The third kappa shape index (κ3) is 2.73. The molecule has 0 bridgehead atoms. The molecule has 0 saturated heterocycles. The van der Waals surface area contributed by atoms with Crippen LogP contribution in [0.4, 0.5) is 0 Å². The second kappa shape index (κ2) is 5.36. The van der Waals surface area contributed by atoms with E-state index in [0.29, 0.717) is 5.56 Å². The Kier molecular flexibility index (Phi) is 3.80. The number of Topliss-reactive ketones (excluding diaryl/α,β-unsaturated/α-hetero) is 1. The van der Waals surface area contributed by atoms with Crippen LogP contribution < -0.4 is 0 Å². The Hall–Kier alpha value is -1.95. The molecule has 0 aliphatic rings. The van der Waals surface area contributed by atoms with E-state index in [1.807, 2.05) is 18.2 Å². The molecule has 1 aromatic heterocycles. The second-order valence-electron chi connectivity index (χ2n) is 4.18. The molecule has 2 N–H and O–H groups in total. The SMILES string of the molecule is CC(C(=O)O)S(=O)CC(=O)c1c[nH]c2ccccc12. The minimum atomic E-state index is -1.72. The molecule has 2 aromatic rings. The maximum atomic E-state index is 12.1. The number of carboxylic acid groups (broad SMARTS) is 1. The lowest BCUT2D eigenvalue weighted by atomic mass is 10.1. The Balaban J connectivity index is 2.21. The first-order valence-corrected chi connectivity index (χ1v) is 7.08. The number of carboxylic acids is 1. The fourth-order valence-electron chi connectivity index (χ4n) is 1.75. The van der Waals surface area contributed by atoms with Crippen LogP contribution in [0.1, 0.15) is 17.3 Å². The molecule has 0 saturated carbocycles. The molecular weight excluding hydrogens is 266 g/mol. The van der Waals surface area contributed by atoms with Crippen molar-refractivity contribution in [1.29, 1.82) is 0 Å². The zero-order chi connectivity index (χ0) is 14.0. The highest BCUT2D eigenvalue weighted by molar-refractivity contribution is 7.87. The molecule has 0 aliphatic carbocycles. The quantitative estimate of drug-likeness (QED) is 0.813. The van der Waals surface area contributed by atoms with Gasteiger partial charge in [0.05, 0.1) is 5.75 Å². The summed E-state index contributed by atoms with van der Waals surface area (Å²) in [6.45, 7) is 1.33. The minimum absolute atomic E-state index is 0.282. The van der Waals surface area contributed by atoms with Gasteiger partial charge in [0.15, 0.2) is 5.78 Å². The second-order valence-corrected chi connectivity index (χ2v) is 5.93. The lowest BCUT2D eigenvalue weighted by Gasteiger charge is -2.05. The van der Waals surface area contributed by atoms with E-state index in [9.17, 15) is 13.8 Å². The number of ketones is 1. The Labute approximate surface area is 112 Å². The van der Waals surface area contributed by atoms with E-state index in [1.54, 1.807) is 12.3 Å². The van der Waals surface area contributed by atoms with E-state index in [4.69, 9.17) is 5.11 Å². The summed E-state index contributed by atoms with van der Waals surface area (Å²) in [5, 5.41) is 8.47. The molecule has 5 nitrogen and oxygen atoms in total. The summed E-state index contributed by atoms with van der Waals surface area (Å²) in [5.74, 6) is -1.76. The van der Waals surface area contributed by atoms with Crippen molar-refractivity contribution >= 4 is 33.5 Å². The van der Waals surface area contributed by atoms with E-state index < -0.39 is 22.0 Å². The molecule has 2 atom stereocenters. The van der Waals surface area contributed by atoms with Crippen LogP contribution in [-0.2, 0) is 15.6 Å². The van der Waals surface area contributed by atoms with Crippen LogP contribution in [0.2, 0.25) is 0 Å².